The summed E-state index contributed by atoms with van der Waals surface area (Å²) in [6.45, 7) is 2.25. The SMILES string of the molecule is COC[C@H]1c2c(cnn2CC2CC2)CCN1C(=O)Cc1ccsc1. The van der Waals surface area contributed by atoms with Crippen LogP contribution in [0, 0.1) is 5.92 Å². The molecule has 0 saturated heterocycles. The van der Waals surface area contributed by atoms with E-state index < -0.39 is 0 Å². The second-order valence-corrected chi connectivity index (χ2v) is 7.58. The number of thiophene rings is 1. The predicted octanol–water partition coefficient (Wildman–Crippen LogP) is 2.67. The standard InChI is InChI=1S/C18H23N3O2S/c1-23-11-16-18-15(9-19-21(18)10-13-2-3-13)4-6-20(16)17(22)8-14-5-7-24-12-14/h5,7,9,12-13,16H,2-4,6,8,10-11H2,1H3/t16-/m0/s1. The van der Waals surface area contributed by atoms with E-state index in [-0.39, 0.29) is 11.9 Å². The summed E-state index contributed by atoms with van der Waals surface area (Å²) in [6.07, 6.45) is 5.93. The Bertz CT molecular complexity index is 706. The fraction of sp³-hybridized carbons (Fsp3) is 0.556. The van der Waals surface area contributed by atoms with Crippen molar-refractivity contribution in [3.05, 3.63) is 39.8 Å². The van der Waals surface area contributed by atoms with Gasteiger partial charge in [0, 0.05) is 20.2 Å². The molecule has 0 unspecified atom stereocenters. The fourth-order valence-electron chi connectivity index (χ4n) is 3.54. The van der Waals surface area contributed by atoms with E-state index in [0.717, 1.165) is 31.0 Å². The lowest BCUT2D eigenvalue weighted by atomic mass is 9.99. The molecule has 4 rings (SSSR count). The van der Waals surface area contributed by atoms with Gasteiger partial charge in [-0.1, -0.05) is 0 Å². The van der Waals surface area contributed by atoms with Crippen molar-refractivity contribution < 1.29 is 9.53 Å². The second-order valence-electron chi connectivity index (χ2n) is 6.80. The Morgan fingerprint density at radius 1 is 1.46 bits per heavy atom. The molecule has 0 radical (unpaired) electrons. The molecule has 2 aromatic heterocycles. The number of methoxy groups -OCH3 is 1. The van der Waals surface area contributed by atoms with E-state index in [1.54, 1.807) is 18.4 Å². The highest BCUT2D eigenvalue weighted by Gasteiger charge is 2.35. The number of amides is 1. The van der Waals surface area contributed by atoms with Crippen LogP contribution in [0.5, 0.6) is 0 Å². The van der Waals surface area contributed by atoms with Crippen LogP contribution in [0.3, 0.4) is 0 Å². The fourth-order valence-corrected chi connectivity index (χ4v) is 4.21. The average molecular weight is 345 g/mol. The smallest absolute Gasteiger partial charge is 0.227 e. The van der Waals surface area contributed by atoms with E-state index in [2.05, 4.69) is 15.2 Å². The number of aromatic nitrogens is 2. The molecule has 0 N–H and O–H groups in total. The molecule has 1 amide bonds. The third-order valence-corrected chi connectivity index (χ3v) is 5.71. The Morgan fingerprint density at radius 2 is 2.33 bits per heavy atom. The van der Waals surface area contributed by atoms with Crippen LogP contribution in [-0.4, -0.2) is 40.8 Å². The highest BCUT2D eigenvalue weighted by Crippen LogP contribution is 2.35. The first-order valence-electron chi connectivity index (χ1n) is 8.60. The van der Waals surface area contributed by atoms with Crippen LogP contribution in [0.25, 0.3) is 0 Å². The van der Waals surface area contributed by atoms with Gasteiger partial charge in [-0.2, -0.15) is 16.4 Å². The number of fused-ring (bicyclic) bond motifs is 1. The van der Waals surface area contributed by atoms with E-state index in [4.69, 9.17) is 4.74 Å². The molecule has 1 aliphatic carbocycles. The molecule has 1 aliphatic heterocycles. The maximum Gasteiger partial charge on any atom is 0.227 e. The molecule has 0 aromatic carbocycles. The molecule has 3 heterocycles. The second kappa shape index (κ2) is 6.69. The van der Waals surface area contributed by atoms with Gasteiger partial charge in [-0.3, -0.25) is 9.48 Å². The summed E-state index contributed by atoms with van der Waals surface area (Å²) in [4.78, 5) is 14.9. The molecule has 1 saturated carbocycles. The Labute approximate surface area is 146 Å². The zero-order chi connectivity index (χ0) is 16.5. The van der Waals surface area contributed by atoms with Crippen molar-refractivity contribution >= 4 is 17.2 Å². The number of hydrogen-bond acceptors (Lipinski definition) is 4. The Morgan fingerprint density at radius 3 is 3.04 bits per heavy atom. The van der Waals surface area contributed by atoms with Crippen LogP contribution in [0.1, 0.15) is 35.7 Å². The van der Waals surface area contributed by atoms with Crippen LogP contribution in [0.2, 0.25) is 0 Å². The summed E-state index contributed by atoms with van der Waals surface area (Å²) in [5.74, 6) is 0.939. The molecule has 128 valence electrons. The lowest BCUT2D eigenvalue weighted by Crippen LogP contribution is -2.43. The van der Waals surface area contributed by atoms with E-state index in [9.17, 15) is 4.79 Å². The number of hydrogen-bond donors (Lipinski definition) is 0. The van der Waals surface area contributed by atoms with Gasteiger partial charge in [0.2, 0.25) is 5.91 Å². The third-order valence-electron chi connectivity index (χ3n) is 4.98. The monoisotopic (exact) mass is 345 g/mol. The minimum Gasteiger partial charge on any atom is -0.382 e. The summed E-state index contributed by atoms with van der Waals surface area (Å²) in [5, 5.41) is 8.68. The van der Waals surface area contributed by atoms with Crippen molar-refractivity contribution in [2.45, 2.75) is 38.3 Å². The molecule has 5 nitrogen and oxygen atoms in total. The number of carbonyl (C=O) groups is 1. The number of ether oxygens (including phenoxy) is 1. The Kier molecular flexibility index (Phi) is 4.41. The van der Waals surface area contributed by atoms with Crippen LogP contribution >= 0.6 is 11.3 Å². The Balaban J connectivity index is 1.58. The van der Waals surface area contributed by atoms with Gasteiger partial charge in [0.15, 0.2) is 0 Å². The van der Waals surface area contributed by atoms with Gasteiger partial charge in [0.25, 0.3) is 0 Å². The summed E-state index contributed by atoms with van der Waals surface area (Å²) in [5.41, 5.74) is 3.56. The lowest BCUT2D eigenvalue weighted by Gasteiger charge is -2.36. The minimum atomic E-state index is -0.0221. The quantitative estimate of drug-likeness (QED) is 0.809. The lowest BCUT2D eigenvalue weighted by molar-refractivity contribution is -0.134. The van der Waals surface area contributed by atoms with Gasteiger partial charge in [-0.15, -0.1) is 0 Å². The van der Waals surface area contributed by atoms with Crippen molar-refractivity contribution in [1.29, 1.82) is 0 Å². The predicted molar refractivity (Wildman–Crippen MR) is 93.0 cm³/mol. The van der Waals surface area contributed by atoms with Gasteiger partial charge >= 0.3 is 0 Å². The Hall–Kier alpha value is -1.66. The van der Waals surface area contributed by atoms with E-state index >= 15 is 0 Å². The molecule has 2 aromatic rings. The highest BCUT2D eigenvalue weighted by atomic mass is 32.1. The van der Waals surface area contributed by atoms with Gasteiger partial charge in [0.05, 0.1) is 31.0 Å². The van der Waals surface area contributed by atoms with Crippen LogP contribution in [0.4, 0.5) is 0 Å². The zero-order valence-electron chi connectivity index (χ0n) is 14.0. The topological polar surface area (TPSA) is 47.4 Å². The maximum atomic E-state index is 12.9. The van der Waals surface area contributed by atoms with Crippen molar-refractivity contribution in [3.63, 3.8) is 0 Å². The maximum absolute atomic E-state index is 12.9. The minimum absolute atomic E-state index is 0.0221. The van der Waals surface area contributed by atoms with E-state index in [0.29, 0.717) is 13.0 Å². The molecule has 0 bridgehead atoms. The molecule has 6 heteroatoms. The largest absolute Gasteiger partial charge is 0.382 e. The summed E-state index contributed by atoms with van der Waals surface area (Å²) >= 11 is 1.64. The van der Waals surface area contributed by atoms with Crippen LogP contribution in [-0.2, 0) is 28.9 Å². The van der Waals surface area contributed by atoms with Crippen molar-refractivity contribution in [2.24, 2.45) is 5.92 Å². The molecule has 1 atom stereocenters. The first-order chi connectivity index (χ1) is 11.8. The molecule has 2 aliphatic rings. The van der Waals surface area contributed by atoms with Gasteiger partial charge in [0.1, 0.15) is 0 Å². The normalized spacial score (nSPS) is 20.2. The first-order valence-corrected chi connectivity index (χ1v) is 9.54. The van der Waals surface area contributed by atoms with Crippen LogP contribution < -0.4 is 0 Å². The van der Waals surface area contributed by atoms with Crippen molar-refractivity contribution in [1.82, 2.24) is 14.7 Å². The van der Waals surface area contributed by atoms with Gasteiger partial charge < -0.3 is 9.64 Å². The number of rotatable bonds is 6. The van der Waals surface area contributed by atoms with E-state index in [1.165, 1.54) is 24.1 Å². The van der Waals surface area contributed by atoms with Crippen molar-refractivity contribution in [3.8, 4) is 0 Å². The molecular weight excluding hydrogens is 322 g/mol. The molecule has 0 spiro atoms. The van der Waals surface area contributed by atoms with E-state index in [1.807, 2.05) is 22.5 Å². The molecular formula is C18H23N3O2S. The number of carbonyl (C=O) groups excluding carboxylic acids is 1. The highest BCUT2D eigenvalue weighted by molar-refractivity contribution is 7.08. The zero-order valence-corrected chi connectivity index (χ0v) is 14.8. The average Bonchev–Trinajstić information content (AvgIpc) is 3.06. The molecule has 24 heavy (non-hydrogen) atoms. The molecule has 1 fully saturated rings. The van der Waals surface area contributed by atoms with Crippen LogP contribution in [0.15, 0.2) is 23.0 Å². The van der Waals surface area contributed by atoms with Crippen molar-refractivity contribution in [2.75, 3.05) is 20.3 Å². The van der Waals surface area contributed by atoms with Gasteiger partial charge in [-0.25, -0.2) is 0 Å². The summed E-state index contributed by atoms with van der Waals surface area (Å²) in [6, 6.07) is 2.01. The summed E-state index contributed by atoms with van der Waals surface area (Å²) in [7, 11) is 1.71. The van der Waals surface area contributed by atoms with Gasteiger partial charge in [-0.05, 0) is 53.1 Å². The third kappa shape index (κ3) is 3.13. The number of nitrogens with zero attached hydrogens (tertiary/aromatic N) is 3. The first kappa shape index (κ1) is 15.8. The summed E-state index contributed by atoms with van der Waals surface area (Å²) < 4.78 is 7.59.